The van der Waals surface area contributed by atoms with Crippen molar-refractivity contribution < 1.29 is 5.11 Å². The highest BCUT2D eigenvalue weighted by molar-refractivity contribution is 5.58. The van der Waals surface area contributed by atoms with Gasteiger partial charge in [0.2, 0.25) is 0 Å². The topological polar surface area (TPSA) is 26.7 Å². The zero-order chi connectivity index (χ0) is 18.7. The van der Waals surface area contributed by atoms with Crippen molar-refractivity contribution in [2.45, 2.75) is 5.92 Å². The molecule has 0 bridgehead atoms. The Morgan fingerprint density at radius 1 is 0.654 bits per heavy atom. The third-order valence-corrected chi connectivity index (χ3v) is 4.72. The van der Waals surface area contributed by atoms with Crippen molar-refractivity contribution in [1.29, 1.82) is 0 Å². The maximum Gasteiger partial charge on any atom is 0.121 e. The van der Waals surface area contributed by atoms with Crippen LogP contribution < -0.4 is 9.80 Å². The van der Waals surface area contributed by atoms with E-state index in [-0.39, 0.29) is 5.92 Å². The van der Waals surface area contributed by atoms with Gasteiger partial charge in [-0.1, -0.05) is 48.5 Å². The van der Waals surface area contributed by atoms with E-state index < -0.39 is 0 Å². The third-order valence-electron chi connectivity index (χ3n) is 4.72. The molecule has 1 unspecified atom stereocenters. The first-order valence-electron chi connectivity index (χ1n) is 8.80. The van der Waals surface area contributed by atoms with E-state index in [9.17, 15) is 5.11 Å². The molecule has 26 heavy (non-hydrogen) atoms. The summed E-state index contributed by atoms with van der Waals surface area (Å²) in [5.41, 5.74) is 5.39. The van der Waals surface area contributed by atoms with Crippen LogP contribution >= 0.6 is 0 Å². The lowest BCUT2D eigenvalue weighted by atomic mass is 9.84. The molecule has 1 atom stereocenters. The van der Waals surface area contributed by atoms with Crippen LogP contribution in [0.4, 0.5) is 11.4 Å². The van der Waals surface area contributed by atoms with E-state index in [0.29, 0.717) is 5.75 Å². The minimum absolute atomic E-state index is 0.0105. The molecule has 0 aliphatic heterocycles. The Hall–Kier alpha value is -2.94. The number of anilines is 2. The molecule has 0 amide bonds. The molecule has 0 saturated carbocycles. The Morgan fingerprint density at radius 2 is 1.19 bits per heavy atom. The number of phenolic OH excluding ortho intramolecular Hbond substituents is 1. The van der Waals surface area contributed by atoms with Crippen molar-refractivity contribution in [1.82, 2.24) is 0 Å². The standard InChI is InChI=1S/C23H26N2O/c1-24(2)19-12-10-18(11-13-19)23(17-8-6-5-7-9-17)21-15-14-20(25(3)4)16-22(21)26/h5-16,23,26H,1-4H3. The van der Waals surface area contributed by atoms with E-state index in [2.05, 4.69) is 47.4 Å². The predicted molar refractivity (Wildman–Crippen MR) is 111 cm³/mol. The molecule has 0 spiro atoms. The molecular formula is C23H26N2O. The molecule has 0 fully saturated rings. The maximum atomic E-state index is 10.7. The average Bonchev–Trinajstić information content (AvgIpc) is 2.64. The van der Waals surface area contributed by atoms with Gasteiger partial charge in [0.15, 0.2) is 0 Å². The van der Waals surface area contributed by atoms with Gasteiger partial charge in [-0.15, -0.1) is 0 Å². The van der Waals surface area contributed by atoms with Gasteiger partial charge in [-0.3, -0.25) is 0 Å². The van der Waals surface area contributed by atoms with E-state index in [1.54, 1.807) is 0 Å². The maximum absolute atomic E-state index is 10.7. The minimum Gasteiger partial charge on any atom is -0.508 e. The van der Waals surface area contributed by atoms with Crippen LogP contribution in [0.5, 0.6) is 5.75 Å². The molecule has 0 heterocycles. The summed E-state index contributed by atoms with van der Waals surface area (Å²) in [4.78, 5) is 4.08. The second-order valence-corrected chi connectivity index (χ2v) is 6.97. The largest absolute Gasteiger partial charge is 0.508 e. The molecule has 3 rings (SSSR count). The van der Waals surface area contributed by atoms with Gasteiger partial charge in [-0.05, 0) is 29.3 Å². The van der Waals surface area contributed by atoms with Crippen molar-refractivity contribution in [2.75, 3.05) is 38.0 Å². The summed E-state index contributed by atoms with van der Waals surface area (Å²) in [6.45, 7) is 0. The summed E-state index contributed by atoms with van der Waals surface area (Å²) in [7, 11) is 8.02. The van der Waals surface area contributed by atoms with Gasteiger partial charge < -0.3 is 14.9 Å². The normalized spacial score (nSPS) is 11.8. The van der Waals surface area contributed by atoms with Crippen molar-refractivity contribution >= 4 is 11.4 Å². The molecule has 1 N–H and O–H groups in total. The number of hydrogen-bond acceptors (Lipinski definition) is 3. The van der Waals surface area contributed by atoms with Crippen molar-refractivity contribution in [3.63, 3.8) is 0 Å². The fraction of sp³-hybridized carbons (Fsp3) is 0.217. The monoisotopic (exact) mass is 346 g/mol. The lowest BCUT2D eigenvalue weighted by Crippen LogP contribution is -2.10. The summed E-state index contributed by atoms with van der Waals surface area (Å²) in [5.74, 6) is 0.311. The summed E-state index contributed by atoms with van der Waals surface area (Å²) in [5, 5.41) is 10.7. The molecule has 0 radical (unpaired) electrons. The van der Waals surface area contributed by atoms with Crippen LogP contribution in [0.25, 0.3) is 0 Å². The fourth-order valence-electron chi connectivity index (χ4n) is 3.22. The van der Waals surface area contributed by atoms with Crippen LogP contribution in [0.3, 0.4) is 0 Å². The Labute approximate surface area is 156 Å². The molecule has 0 aliphatic carbocycles. The molecule has 3 aromatic rings. The lowest BCUT2D eigenvalue weighted by molar-refractivity contribution is 0.467. The number of nitrogens with zero attached hydrogens (tertiary/aromatic N) is 2. The van der Waals surface area contributed by atoms with Crippen molar-refractivity contribution in [3.05, 3.63) is 89.5 Å². The zero-order valence-corrected chi connectivity index (χ0v) is 15.8. The predicted octanol–water partition coefficient (Wildman–Crippen LogP) is 4.70. The average molecular weight is 346 g/mol. The summed E-state index contributed by atoms with van der Waals surface area (Å²) >= 11 is 0. The van der Waals surface area contributed by atoms with E-state index in [4.69, 9.17) is 0 Å². The number of phenols is 1. The van der Waals surface area contributed by atoms with Gasteiger partial charge in [-0.2, -0.15) is 0 Å². The number of rotatable bonds is 5. The van der Waals surface area contributed by atoms with Crippen LogP contribution in [0.2, 0.25) is 0 Å². The van der Waals surface area contributed by atoms with Gasteiger partial charge in [0.25, 0.3) is 0 Å². The first-order chi connectivity index (χ1) is 12.5. The van der Waals surface area contributed by atoms with Crippen molar-refractivity contribution in [2.24, 2.45) is 0 Å². The van der Waals surface area contributed by atoms with Crippen LogP contribution in [0.1, 0.15) is 22.6 Å². The summed E-state index contributed by atoms with van der Waals surface area (Å²) in [6, 6.07) is 24.8. The highest BCUT2D eigenvalue weighted by Gasteiger charge is 2.20. The van der Waals surface area contributed by atoms with E-state index in [1.165, 1.54) is 0 Å². The Bertz CT molecular complexity index is 855. The number of benzene rings is 3. The summed E-state index contributed by atoms with van der Waals surface area (Å²) in [6.07, 6.45) is 0. The van der Waals surface area contributed by atoms with Gasteiger partial charge in [-0.25, -0.2) is 0 Å². The highest BCUT2D eigenvalue weighted by Crippen LogP contribution is 2.38. The third kappa shape index (κ3) is 3.67. The van der Waals surface area contributed by atoms with Gasteiger partial charge >= 0.3 is 0 Å². The first kappa shape index (κ1) is 17.9. The second kappa shape index (κ2) is 7.52. The molecule has 3 nitrogen and oxygen atoms in total. The smallest absolute Gasteiger partial charge is 0.121 e. The molecule has 3 heteroatoms. The van der Waals surface area contributed by atoms with Gasteiger partial charge in [0.05, 0.1) is 0 Å². The minimum atomic E-state index is -0.0105. The number of hydrogen-bond donors (Lipinski definition) is 1. The van der Waals surface area contributed by atoms with E-state index in [1.807, 2.05) is 63.4 Å². The molecule has 134 valence electrons. The second-order valence-electron chi connectivity index (χ2n) is 6.97. The lowest BCUT2D eigenvalue weighted by Gasteiger charge is -2.22. The van der Waals surface area contributed by atoms with Crippen LogP contribution in [0, 0.1) is 0 Å². The SMILES string of the molecule is CN(C)c1ccc(C(c2ccccc2)c2ccc(N(C)C)cc2O)cc1. The molecule has 0 saturated heterocycles. The number of aromatic hydroxyl groups is 1. The van der Waals surface area contributed by atoms with Gasteiger partial charge in [0, 0.05) is 57.1 Å². The van der Waals surface area contributed by atoms with Crippen LogP contribution in [0.15, 0.2) is 72.8 Å². The van der Waals surface area contributed by atoms with E-state index in [0.717, 1.165) is 28.1 Å². The Balaban J connectivity index is 2.10. The quantitative estimate of drug-likeness (QED) is 0.678. The molecule has 0 aromatic heterocycles. The summed E-state index contributed by atoms with van der Waals surface area (Å²) < 4.78 is 0. The highest BCUT2D eigenvalue weighted by atomic mass is 16.3. The molecule has 0 aliphatic rings. The Kier molecular flexibility index (Phi) is 5.17. The van der Waals surface area contributed by atoms with Crippen LogP contribution in [-0.4, -0.2) is 33.3 Å². The van der Waals surface area contributed by atoms with Gasteiger partial charge in [0.1, 0.15) is 5.75 Å². The molecular weight excluding hydrogens is 320 g/mol. The first-order valence-corrected chi connectivity index (χ1v) is 8.80. The zero-order valence-electron chi connectivity index (χ0n) is 15.8. The fourth-order valence-corrected chi connectivity index (χ4v) is 3.22. The van der Waals surface area contributed by atoms with Crippen molar-refractivity contribution in [3.8, 4) is 5.75 Å². The van der Waals surface area contributed by atoms with Crippen LogP contribution in [-0.2, 0) is 0 Å². The Morgan fingerprint density at radius 3 is 1.73 bits per heavy atom. The van der Waals surface area contributed by atoms with E-state index >= 15 is 0 Å². The molecule has 3 aromatic carbocycles.